The Kier molecular flexibility index (Phi) is 12.1. The van der Waals surface area contributed by atoms with Crippen LogP contribution >= 0.6 is 0 Å². The standard InChI is InChI=1S/C25H37FN2O/c1-2-3-4-5-6-7-8-9-10-11-20-29-25(21-28-19-18-27-22-28)17-14-23-12-15-24(26)16-13-23/h12-19,22,25H,2-11,20-21H2,1H3. The molecule has 0 spiro atoms. The van der Waals surface area contributed by atoms with Crippen LogP contribution in [0.15, 0.2) is 49.1 Å². The normalized spacial score (nSPS) is 12.6. The Morgan fingerprint density at radius 3 is 2.24 bits per heavy atom. The molecular weight excluding hydrogens is 363 g/mol. The van der Waals surface area contributed by atoms with Crippen molar-refractivity contribution in [2.75, 3.05) is 6.61 Å². The van der Waals surface area contributed by atoms with Gasteiger partial charge < -0.3 is 9.30 Å². The zero-order valence-corrected chi connectivity index (χ0v) is 17.9. The van der Waals surface area contributed by atoms with Crippen molar-refractivity contribution >= 4 is 6.08 Å². The molecule has 0 radical (unpaired) electrons. The van der Waals surface area contributed by atoms with Crippen LogP contribution in [0.3, 0.4) is 0 Å². The molecule has 0 saturated carbocycles. The molecular formula is C25H37FN2O. The molecule has 0 saturated heterocycles. The molecule has 1 unspecified atom stereocenters. The molecule has 160 valence electrons. The second-order valence-corrected chi connectivity index (χ2v) is 7.76. The lowest BCUT2D eigenvalue weighted by Gasteiger charge is -2.15. The van der Waals surface area contributed by atoms with Gasteiger partial charge in [0.25, 0.3) is 0 Å². The van der Waals surface area contributed by atoms with Gasteiger partial charge in [0.1, 0.15) is 5.82 Å². The summed E-state index contributed by atoms with van der Waals surface area (Å²) in [6.07, 6.45) is 22.8. The average Bonchev–Trinajstić information content (AvgIpc) is 3.24. The number of ether oxygens (including phenoxy) is 1. The topological polar surface area (TPSA) is 27.1 Å². The number of nitrogens with zero attached hydrogens (tertiary/aromatic N) is 2. The molecule has 0 bridgehead atoms. The van der Waals surface area contributed by atoms with Gasteiger partial charge >= 0.3 is 0 Å². The van der Waals surface area contributed by atoms with Gasteiger partial charge in [-0.2, -0.15) is 0 Å². The molecule has 29 heavy (non-hydrogen) atoms. The van der Waals surface area contributed by atoms with Crippen molar-refractivity contribution in [3.63, 3.8) is 0 Å². The molecule has 0 aliphatic carbocycles. The van der Waals surface area contributed by atoms with Crippen molar-refractivity contribution in [1.29, 1.82) is 0 Å². The number of hydrogen-bond acceptors (Lipinski definition) is 2. The molecule has 1 aromatic heterocycles. The second kappa shape index (κ2) is 15.0. The Labute approximate surface area is 176 Å². The maximum Gasteiger partial charge on any atom is 0.123 e. The Hall–Kier alpha value is -1.94. The summed E-state index contributed by atoms with van der Waals surface area (Å²) in [5.41, 5.74) is 0.976. The minimum atomic E-state index is -0.214. The van der Waals surface area contributed by atoms with Crippen molar-refractivity contribution in [3.8, 4) is 0 Å². The highest BCUT2D eigenvalue weighted by molar-refractivity contribution is 5.49. The fourth-order valence-corrected chi connectivity index (χ4v) is 3.39. The average molecular weight is 401 g/mol. The third-order valence-electron chi connectivity index (χ3n) is 5.15. The van der Waals surface area contributed by atoms with Gasteiger partial charge in [0.15, 0.2) is 0 Å². The van der Waals surface area contributed by atoms with Crippen LogP contribution in [0, 0.1) is 5.82 Å². The summed E-state index contributed by atoms with van der Waals surface area (Å²) in [6.45, 7) is 3.76. The molecule has 1 heterocycles. The van der Waals surface area contributed by atoms with Crippen LogP contribution in [0.1, 0.15) is 76.7 Å². The lowest BCUT2D eigenvalue weighted by molar-refractivity contribution is 0.0710. The summed E-state index contributed by atoms with van der Waals surface area (Å²) in [5, 5.41) is 0. The van der Waals surface area contributed by atoms with Gasteiger partial charge in [-0.3, -0.25) is 0 Å². The van der Waals surface area contributed by atoms with E-state index in [1.807, 2.05) is 23.2 Å². The summed E-state index contributed by atoms with van der Waals surface area (Å²) in [7, 11) is 0. The van der Waals surface area contributed by atoms with E-state index in [1.54, 1.807) is 18.3 Å². The number of hydrogen-bond donors (Lipinski definition) is 0. The molecule has 1 aromatic carbocycles. The third kappa shape index (κ3) is 11.0. The summed E-state index contributed by atoms with van der Waals surface area (Å²) >= 11 is 0. The van der Waals surface area contributed by atoms with Crippen molar-refractivity contribution in [2.45, 2.75) is 83.8 Å². The Bertz CT molecular complexity index is 652. The summed E-state index contributed by atoms with van der Waals surface area (Å²) in [6, 6.07) is 6.52. The molecule has 4 heteroatoms. The first-order valence-electron chi connectivity index (χ1n) is 11.3. The van der Waals surface area contributed by atoms with Gasteiger partial charge in [-0.15, -0.1) is 0 Å². The molecule has 3 nitrogen and oxygen atoms in total. The van der Waals surface area contributed by atoms with E-state index in [4.69, 9.17) is 4.74 Å². The van der Waals surface area contributed by atoms with Gasteiger partial charge in [0.05, 0.1) is 19.0 Å². The van der Waals surface area contributed by atoms with E-state index >= 15 is 0 Å². The van der Waals surface area contributed by atoms with Crippen molar-refractivity contribution < 1.29 is 9.13 Å². The van der Waals surface area contributed by atoms with Crippen molar-refractivity contribution in [1.82, 2.24) is 9.55 Å². The summed E-state index contributed by atoms with van der Waals surface area (Å²) < 4.78 is 21.2. The lowest BCUT2D eigenvalue weighted by Crippen LogP contribution is -2.18. The number of rotatable bonds is 16. The minimum Gasteiger partial charge on any atom is -0.372 e. The van der Waals surface area contributed by atoms with Crippen molar-refractivity contribution in [3.05, 3.63) is 60.4 Å². The first kappa shape index (κ1) is 23.3. The fourth-order valence-electron chi connectivity index (χ4n) is 3.39. The third-order valence-corrected chi connectivity index (χ3v) is 5.15. The van der Waals surface area contributed by atoms with E-state index in [0.717, 1.165) is 25.1 Å². The van der Waals surface area contributed by atoms with Crippen LogP contribution in [0.5, 0.6) is 0 Å². The summed E-state index contributed by atoms with van der Waals surface area (Å²) in [4.78, 5) is 4.11. The predicted octanol–water partition coefficient (Wildman–Crippen LogP) is 7.04. The first-order chi connectivity index (χ1) is 14.3. The van der Waals surface area contributed by atoms with Crippen LogP contribution in [0.25, 0.3) is 6.08 Å². The first-order valence-corrected chi connectivity index (χ1v) is 11.3. The van der Waals surface area contributed by atoms with E-state index in [9.17, 15) is 4.39 Å². The summed E-state index contributed by atoms with van der Waals surface area (Å²) in [5.74, 6) is -0.214. The molecule has 0 amide bonds. The largest absolute Gasteiger partial charge is 0.372 e. The maximum atomic E-state index is 13.1. The zero-order valence-electron chi connectivity index (χ0n) is 17.9. The molecule has 0 fully saturated rings. The number of benzene rings is 1. The fraction of sp³-hybridized carbons (Fsp3) is 0.560. The van der Waals surface area contributed by atoms with Crippen molar-refractivity contribution in [2.24, 2.45) is 0 Å². The Morgan fingerprint density at radius 1 is 0.966 bits per heavy atom. The van der Waals surface area contributed by atoms with E-state index < -0.39 is 0 Å². The highest BCUT2D eigenvalue weighted by Crippen LogP contribution is 2.12. The van der Waals surface area contributed by atoms with Crippen LogP contribution in [-0.4, -0.2) is 22.3 Å². The number of halogens is 1. The van der Waals surface area contributed by atoms with Gasteiger partial charge in [-0.05, 0) is 24.1 Å². The van der Waals surface area contributed by atoms with Gasteiger partial charge in [0.2, 0.25) is 0 Å². The predicted molar refractivity (Wildman–Crippen MR) is 119 cm³/mol. The van der Waals surface area contributed by atoms with E-state index in [2.05, 4.69) is 18.0 Å². The SMILES string of the molecule is CCCCCCCCCCCCOC(C=Cc1ccc(F)cc1)Cn1ccnc1. The van der Waals surface area contributed by atoms with Gasteiger partial charge in [0, 0.05) is 19.0 Å². The Morgan fingerprint density at radius 2 is 1.62 bits per heavy atom. The molecule has 0 N–H and O–H groups in total. The number of unbranched alkanes of at least 4 members (excludes halogenated alkanes) is 9. The highest BCUT2D eigenvalue weighted by atomic mass is 19.1. The van der Waals surface area contributed by atoms with Crippen LogP contribution in [-0.2, 0) is 11.3 Å². The molecule has 1 atom stereocenters. The lowest BCUT2D eigenvalue weighted by atomic mass is 10.1. The maximum absolute atomic E-state index is 13.1. The van der Waals surface area contributed by atoms with Crippen LogP contribution < -0.4 is 0 Å². The van der Waals surface area contributed by atoms with Gasteiger partial charge in [-0.1, -0.05) is 89.0 Å². The monoisotopic (exact) mass is 400 g/mol. The molecule has 0 aliphatic heterocycles. The molecule has 2 rings (SSSR count). The number of aromatic nitrogens is 2. The molecule has 0 aliphatic rings. The second-order valence-electron chi connectivity index (χ2n) is 7.76. The Balaban J connectivity index is 1.65. The van der Waals surface area contributed by atoms with Gasteiger partial charge in [-0.25, -0.2) is 9.37 Å². The van der Waals surface area contributed by atoms with E-state index in [1.165, 1.54) is 69.9 Å². The van der Waals surface area contributed by atoms with Crippen LogP contribution in [0.4, 0.5) is 4.39 Å². The minimum absolute atomic E-state index is 0.0205. The smallest absolute Gasteiger partial charge is 0.123 e. The zero-order chi connectivity index (χ0) is 20.6. The van der Waals surface area contributed by atoms with Crippen LogP contribution in [0.2, 0.25) is 0 Å². The number of imidazole rings is 1. The molecule has 2 aromatic rings. The quantitative estimate of drug-likeness (QED) is 0.282. The highest BCUT2D eigenvalue weighted by Gasteiger charge is 2.06. The van der Waals surface area contributed by atoms with E-state index in [0.29, 0.717) is 0 Å². The van der Waals surface area contributed by atoms with E-state index in [-0.39, 0.29) is 11.9 Å².